The van der Waals surface area contributed by atoms with Gasteiger partial charge in [0.1, 0.15) is 0 Å². The number of nitrogens with two attached hydrogens (primary N) is 1. The molecule has 0 aromatic carbocycles. The van der Waals surface area contributed by atoms with Gasteiger partial charge in [0, 0.05) is 5.70 Å². The summed E-state index contributed by atoms with van der Waals surface area (Å²) in [7, 11) is 0. The highest BCUT2D eigenvalue weighted by Crippen LogP contribution is 2.22. The first-order valence-corrected chi connectivity index (χ1v) is 3.94. The van der Waals surface area contributed by atoms with Gasteiger partial charge in [-0.25, -0.2) is 0 Å². The van der Waals surface area contributed by atoms with Crippen molar-refractivity contribution in [3.63, 3.8) is 0 Å². The fourth-order valence-corrected chi connectivity index (χ4v) is 1.58. The van der Waals surface area contributed by atoms with Crippen LogP contribution in [0, 0.1) is 0 Å². The second-order valence-corrected chi connectivity index (χ2v) is 2.94. The summed E-state index contributed by atoms with van der Waals surface area (Å²) in [5.41, 5.74) is 8.09. The van der Waals surface area contributed by atoms with E-state index in [1.54, 1.807) is 0 Å². The Labute approximate surface area is 66.5 Å². The average molecular weight is 148 g/mol. The van der Waals surface area contributed by atoms with Gasteiger partial charge in [0.2, 0.25) is 0 Å². The number of hydrogen-bond acceptors (Lipinski definition) is 2. The molecule has 1 aliphatic heterocycles. The van der Waals surface area contributed by atoms with Crippen molar-refractivity contribution in [1.82, 2.24) is 5.32 Å². The normalized spacial score (nSPS) is 28.2. The predicted octanol–water partition coefficient (Wildman–Crippen LogP) is 1.03. The van der Waals surface area contributed by atoms with E-state index in [4.69, 9.17) is 5.73 Å². The summed E-state index contributed by atoms with van der Waals surface area (Å²) in [5, 5.41) is 3.28. The zero-order valence-corrected chi connectivity index (χ0v) is 6.38. The van der Waals surface area contributed by atoms with Gasteiger partial charge in [-0.3, -0.25) is 0 Å². The number of dihydropyridines is 1. The van der Waals surface area contributed by atoms with Gasteiger partial charge in [-0.1, -0.05) is 12.2 Å². The maximum atomic E-state index is 5.81. The van der Waals surface area contributed by atoms with Crippen LogP contribution in [0.3, 0.4) is 0 Å². The van der Waals surface area contributed by atoms with E-state index in [2.05, 4.69) is 17.5 Å². The minimum absolute atomic E-state index is 0.463. The fraction of sp³-hybridized carbons (Fsp3) is 0.333. The quantitative estimate of drug-likeness (QED) is 0.504. The van der Waals surface area contributed by atoms with Gasteiger partial charge in [0.15, 0.2) is 0 Å². The van der Waals surface area contributed by atoms with Crippen molar-refractivity contribution in [2.24, 2.45) is 5.73 Å². The van der Waals surface area contributed by atoms with E-state index in [9.17, 15) is 0 Å². The van der Waals surface area contributed by atoms with Crippen LogP contribution < -0.4 is 11.1 Å². The molecular weight excluding hydrogens is 136 g/mol. The van der Waals surface area contributed by atoms with Crippen LogP contribution in [-0.2, 0) is 0 Å². The Morgan fingerprint density at radius 1 is 1.45 bits per heavy atom. The Bertz CT molecular complexity index is 248. The monoisotopic (exact) mass is 148 g/mol. The van der Waals surface area contributed by atoms with Crippen molar-refractivity contribution in [2.75, 3.05) is 0 Å². The summed E-state index contributed by atoms with van der Waals surface area (Å²) in [6.07, 6.45) is 10.3. The number of nitrogens with one attached hydrogen (secondary N) is 1. The number of rotatable bonds is 0. The fourth-order valence-electron chi connectivity index (χ4n) is 1.58. The molecule has 1 atom stereocenters. The number of allylic oxidation sites excluding steroid dienone is 2. The maximum Gasteiger partial charge on any atom is 0.0528 e. The predicted molar refractivity (Wildman–Crippen MR) is 45.7 cm³/mol. The van der Waals surface area contributed by atoms with E-state index in [0.717, 1.165) is 18.5 Å². The third-order valence-electron chi connectivity index (χ3n) is 2.23. The van der Waals surface area contributed by atoms with Crippen LogP contribution in [0.1, 0.15) is 12.8 Å². The molecule has 1 aliphatic carbocycles. The Morgan fingerprint density at radius 3 is 3.18 bits per heavy atom. The van der Waals surface area contributed by atoms with E-state index >= 15 is 0 Å². The van der Waals surface area contributed by atoms with Crippen molar-refractivity contribution < 1.29 is 0 Å². The van der Waals surface area contributed by atoms with Crippen LogP contribution in [0.25, 0.3) is 0 Å². The van der Waals surface area contributed by atoms with Crippen LogP contribution >= 0.6 is 0 Å². The highest BCUT2D eigenvalue weighted by atomic mass is 14.9. The number of hydrogen-bond donors (Lipinski definition) is 2. The van der Waals surface area contributed by atoms with Gasteiger partial charge in [0.05, 0.1) is 6.04 Å². The molecule has 0 amide bonds. The summed E-state index contributed by atoms with van der Waals surface area (Å²) < 4.78 is 0. The van der Waals surface area contributed by atoms with Crippen LogP contribution in [0.2, 0.25) is 0 Å². The third kappa shape index (κ3) is 1.04. The van der Waals surface area contributed by atoms with Crippen molar-refractivity contribution in [2.45, 2.75) is 18.9 Å². The van der Waals surface area contributed by atoms with E-state index in [1.807, 2.05) is 12.3 Å². The van der Waals surface area contributed by atoms with Crippen LogP contribution in [0.5, 0.6) is 0 Å². The summed E-state index contributed by atoms with van der Waals surface area (Å²) in [5.74, 6) is 0. The summed E-state index contributed by atoms with van der Waals surface area (Å²) in [6.45, 7) is 0. The molecule has 0 fully saturated rings. The second-order valence-electron chi connectivity index (χ2n) is 2.94. The zero-order chi connectivity index (χ0) is 7.68. The van der Waals surface area contributed by atoms with E-state index in [0.29, 0.717) is 6.04 Å². The molecule has 2 rings (SSSR count). The molecule has 3 N–H and O–H groups in total. The summed E-state index contributed by atoms with van der Waals surface area (Å²) >= 11 is 0. The van der Waals surface area contributed by atoms with Gasteiger partial charge in [0.25, 0.3) is 0 Å². The van der Waals surface area contributed by atoms with Crippen molar-refractivity contribution in [1.29, 1.82) is 0 Å². The lowest BCUT2D eigenvalue weighted by Gasteiger charge is -2.26. The molecule has 0 saturated heterocycles. The van der Waals surface area contributed by atoms with E-state index in [-0.39, 0.29) is 0 Å². The molecular formula is C9H12N2. The maximum absolute atomic E-state index is 5.81. The highest BCUT2D eigenvalue weighted by molar-refractivity contribution is 5.34. The molecule has 11 heavy (non-hydrogen) atoms. The minimum Gasteiger partial charge on any atom is -0.399 e. The molecule has 0 saturated carbocycles. The van der Waals surface area contributed by atoms with Crippen LogP contribution in [0.4, 0.5) is 0 Å². The molecule has 0 aromatic heterocycles. The Kier molecular flexibility index (Phi) is 1.46. The Morgan fingerprint density at radius 2 is 2.36 bits per heavy atom. The molecule has 2 aliphatic rings. The lowest BCUT2D eigenvalue weighted by atomic mass is 9.92. The minimum atomic E-state index is 0.463. The van der Waals surface area contributed by atoms with E-state index in [1.165, 1.54) is 5.57 Å². The van der Waals surface area contributed by atoms with Crippen LogP contribution in [0.15, 0.2) is 35.7 Å². The van der Waals surface area contributed by atoms with Crippen molar-refractivity contribution in [3.05, 3.63) is 35.7 Å². The number of fused-ring (bicyclic) bond motifs is 1. The molecule has 2 heteroatoms. The van der Waals surface area contributed by atoms with Crippen LogP contribution in [-0.4, -0.2) is 6.04 Å². The highest BCUT2D eigenvalue weighted by Gasteiger charge is 2.18. The van der Waals surface area contributed by atoms with Gasteiger partial charge < -0.3 is 11.1 Å². The van der Waals surface area contributed by atoms with Gasteiger partial charge in [-0.05, 0) is 30.7 Å². The first kappa shape index (κ1) is 6.53. The molecule has 0 radical (unpaired) electrons. The zero-order valence-electron chi connectivity index (χ0n) is 6.38. The van der Waals surface area contributed by atoms with Crippen molar-refractivity contribution >= 4 is 0 Å². The molecule has 0 aromatic rings. The molecule has 2 nitrogen and oxygen atoms in total. The molecule has 1 unspecified atom stereocenters. The topological polar surface area (TPSA) is 38.0 Å². The smallest absolute Gasteiger partial charge is 0.0528 e. The Hall–Kier alpha value is -1.18. The molecule has 0 spiro atoms. The largest absolute Gasteiger partial charge is 0.399 e. The van der Waals surface area contributed by atoms with Gasteiger partial charge >= 0.3 is 0 Å². The first-order chi connectivity index (χ1) is 5.38. The first-order valence-electron chi connectivity index (χ1n) is 3.94. The second kappa shape index (κ2) is 2.46. The van der Waals surface area contributed by atoms with Crippen molar-refractivity contribution in [3.8, 4) is 0 Å². The third-order valence-corrected chi connectivity index (χ3v) is 2.23. The standard InChI is InChI=1S/C9H12N2/c10-8-5-6-11-9-4-2-1-3-7(8)9/h1-2,5-6,9,11H,3-4,10H2. The Balaban J connectivity index is 2.33. The lowest BCUT2D eigenvalue weighted by molar-refractivity contribution is 0.629. The SMILES string of the molecule is NC1=C2CC=CCC2NC=C1. The van der Waals surface area contributed by atoms with E-state index < -0.39 is 0 Å². The molecule has 1 heterocycles. The van der Waals surface area contributed by atoms with Gasteiger partial charge in [-0.2, -0.15) is 0 Å². The lowest BCUT2D eigenvalue weighted by Crippen LogP contribution is -2.32. The average Bonchev–Trinajstić information content (AvgIpc) is 2.06. The summed E-state index contributed by atoms with van der Waals surface area (Å²) in [4.78, 5) is 0. The molecule has 58 valence electrons. The van der Waals surface area contributed by atoms with Gasteiger partial charge in [-0.15, -0.1) is 0 Å². The summed E-state index contributed by atoms with van der Waals surface area (Å²) in [6, 6.07) is 0.463. The molecule has 0 bridgehead atoms.